The molecule has 1 aromatic rings. The maximum atomic E-state index is 11.7. The van der Waals surface area contributed by atoms with E-state index in [1.807, 2.05) is 30.3 Å². The van der Waals surface area contributed by atoms with Crippen molar-refractivity contribution in [3.05, 3.63) is 30.3 Å². The first kappa shape index (κ1) is 14.0. The molecule has 1 saturated heterocycles. The minimum Gasteiger partial charge on any atom is -0.325 e. The van der Waals surface area contributed by atoms with Crippen LogP contribution in [-0.4, -0.2) is 43.5 Å². The van der Waals surface area contributed by atoms with Crippen LogP contribution in [0.3, 0.4) is 0 Å². The third-order valence-electron chi connectivity index (χ3n) is 2.63. The van der Waals surface area contributed by atoms with Crippen molar-refractivity contribution in [1.82, 2.24) is 10.2 Å². The fourth-order valence-corrected chi connectivity index (χ4v) is 1.79. The van der Waals surface area contributed by atoms with E-state index in [1.165, 1.54) is 0 Å². The molecule has 1 amide bonds. The van der Waals surface area contributed by atoms with Crippen molar-refractivity contribution in [2.45, 2.75) is 0 Å². The molecule has 1 heterocycles. The van der Waals surface area contributed by atoms with Gasteiger partial charge in [0.2, 0.25) is 5.91 Å². The molecule has 0 bridgehead atoms. The number of rotatable bonds is 3. The van der Waals surface area contributed by atoms with E-state index < -0.39 is 0 Å². The van der Waals surface area contributed by atoms with Crippen LogP contribution in [0.25, 0.3) is 0 Å². The van der Waals surface area contributed by atoms with Gasteiger partial charge >= 0.3 is 0 Å². The Morgan fingerprint density at radius 2 is 1.88 bits per heavy atom. The summed E-state index contributed by atoms with van der Waals surface area (Å²) in [4.78, 5) is 13.9. The van der Waals surface area contributed by atoms with Gasteiger partial charge in [-0.3, -0.25) is 9.69 Å². The lowest BCUT2D eigenvalue weighted by molar-refractivity contribution is -0.117. The molecule has 4 nitrogen and oxygen atoms in total. The number of nitrogens with zero attached hydrogens (tertiary/aromatic N) is 1. The second kappa shape index (κ2) is 7.27. The predicted octanol–water partition coefficient (Wildman–Crippen LogP) is 0.952. The van der Waals surface area contributed by atoms with E-state index in [-0.39, 0.29) is 18.3 Å². The Morgan fingerprint density at radius 3 is 2.53 bits per heavy atom. The summed E-state index contributed by atoms with van der Waals surface area (Å²) in [6.45, 7) is 4.32. The maximum absolute atomic E-state index is 11.7. The van der Waals surface area contributed by atoms with Gasteiger partial charge in [0.05, 0.1) is 6.54 Å². The van der Waals surface area contributed by atoms with Crippen LogP contribution in [0.1, 0.15) is 0 Å². The molecule has 17 heavy (non-hydrogen) atoms. The molecular weight excluding hydrogens is 238 g/mol. The standard InChI is InChI=1S/C12H17N3O.ClH/c16-12(10-15-8-6-13-7-9-15)14-11-4-2-1-3-5-11;/h1-5,13H,6-10H2,(H,14,16);1H. The normalized spacial score (nSPS) is 16.0. The number of hydrogen-bond donors (Lipinski definition) is 2. The molecule has 1 aliphatic heterocycles. The van der Waals surface area contributed by atoms with Gasteiger partial charge in [-0.15, -0.1) is 12.4 Å². The van der Waals surface area contributed by atoms with E-state index in [4.69, 9.17) is 0 Å². The highest BCUT2D eigenvalue weighted by Crippen LogP contribution is 2.04. The van der Waals surface area contributed by atoms with Crippen LogP contribution in [0.5, 0.6) is 0 Å². The van der Waals surface area contributed by atoms with Gasteiger partial charge in [-0.25, -0.2) is 0 Å². The summed E-state index contributed by atoms with van der Waals surface area (Å²) in [6, 6.07) is 9.57. The van der Waals surface area contributed by atoms with Gasteiger partial charge in [0.1, 0.15) is 0 Å². The van der Waals surface area contributed by atoms with Crippen LogP contribution >= 0.6 is 12.4 Å². The third-order valence-corrected chi connectivity index (χ3v) is 2.63. The van der Waals surface area contributed by atoms with Gasteiger partial charge < -0.3 is 10.6 Å². The largest absolute Gasteiger partial charge is 0.325 e. The van der Waals surface area contributed by atoms with Gasteiger partial charge in [-0.2, -0.15) is 0 Å². The highest BCUT2D eigenvalue weighted by molar-refractivity contribution is 5.92. The first-order valence-electron chi connectivity index (χ1n) is 5.62. The molecule has 94 valence electrons. The van der Waals surface area contributed by atoms with E-state index in [0.29, 0.717) is 6.54 Å². The average molecular weight is 256 g/mol. The molecule has 2 rings (SSSR count). The first-order valence-corrected chi connectivity index (χ1v) is 5.62. The lowest BCUT2D eigenvalue weighted by Gasteiger charge is -2.26. The fourth-order valence-electron chi connectivity index (χ4n) is 1.79. The van der Waals surface area contributed by atoms with Crippen molar-refractivity contribution in [2.75, 3.05) is 38.0 Å². The summed E-state index contributed by atoms with van der Waals surface area (Å²) < 4.78 is 0. The number of para-hydroxylation sites is 1. The Balaban J connectivity index is 0.00000144. The summed E-state index contributed by atoms with van der Waals surface area (Å²) in [5.74, 6) is 0.0631. The minimum atomic E-state index is 0. The third kappa shape index (κ3) is 4.73. The molecule has 0 saturated carbocycles. The van der Waals surface area contributed by atoms with Crippen LogP contribution in [0.4, 0.5) is 5.69 Å². The zero-order chi connectivity index (χ0) is 11.2. The van der Waals surface area contributed by atoms with E-state index in [0.717, 1.165) is 31.9 Å². The van der Waals surface area contributed by atoms with Crippen LogP contribution in [0.15, 0.2) is 30.3 Å². The summed E-state index contributed by atoms with van der Waals surface area (Å²) >= 11 is 0. The monoisotopic (exact) mass is 255 g/mol. The quantitative estimate of drug-likeness (QED) is 0.846. The van der Waals surface area contributed by atoms with Crippen LogP contribution in [-0.2, 0) is 4.79 Å². The Bertz CT molecular complexity index is 339. The number of piperazine rings is 1. The smallest absolute Gasteiger partial charge is 0.238 e. The van der Waals surface area contributed by atoms with Crippen molar-refractivity contribution in [3.8, 4) is 0 Å². The Hall–Kier alpha value is -1.10. The lowest BCUT2D eigenvalue weighted by Crippen LogP contribution is -2.46. The van der Waals surface area contributed by atoms with Gasteiger partial charge in [0, 0.05) is 31.9 Å². The number of carbonyl (C=O) groups is 1. The van der Waals surface area contributed by atoms with E-state index >= 15 is 0 Å². The number of halogens is 1. The number of hydrogen-bond acceptors (Lipinski definition) is 3. The molecule has 0 aliphatic carbocycles. The van der Waals surface area contributed by atoms with Crippen LogP contribution in [0.2, 0.25) is 0 Å². The number of nitrogens with one attached hydrogen (secondary N) is 2. The Kier molecular flexibility index (Phi) is 5.97. The molecular formula is C12H18ClN3O. The first-order chi connectivity index (χ1) is 7.84. The number of benzene rings is 1. The van der Waals surface area contributed by atoms with Crippen LogP contribution in [0, 0.1) is 0 Å². The molecule has 1 fully saturated rings. The van der Waals surface area contributed by atoms with E-state index in [9.17, 15) is 4.79 Å². The Morgan fingerprint density at radius 1 is 1.24 bits per heavy atom. The second-order valence-corrected chi connectivity index (χ2v) is 3.94. The predicted molar refractivity (Wildman–Crippen MR) is 71.6 cm³/mol. The average Bonchev–Trinajstić information content (AvgIpc) is 2.31. The van der Waals surface area contributed by atoms with Gasteiger partial charge in [0.15, 0.2) is 0 Å². The molecule has 1 aliphatic rings. The zero-order valence-corrected chi connectivity index (χ0v) is 10.5. The van der Waals surface area contributed by atoms with Crippen molar-refractivity contribution < 1.29 is 4.79 Å². The Labute approximate surface area is 108 Å². The van der Waals surface area contributed by atoms with Crippen molar-refractivity contribution in [2.24, 2.45) is 0 Å². The second-order valence-electron chi connectivity index (χ2n) is 3.94. The number of carbonyl (C=O) groups excluding carboxylic acids is 1. The number of amides is 1. The number of anilines is 1. The molecule has 1 aromatic carbocycles. The molecule has 2 N–H and O–H groups in total. The summed E-state index contributed by atoms with van der Waals surface area (Å²) in [5, 5.41) is 6.15. The molecule has 0 spiro atoms. The van der Waals surface area contributed by atoms with Crippen molar-refractivity contribution in [3.63, 3.8) is 0 Å². The molecule has 5 heteroatoms. The van der Waals surface area contributed by atoms with Gasteiger partial charge in [-0.05, 0) is 12.1 Å². The zero-order valence-electron chi connectivity index (χ0n) is 9.69. The topological polar surface area (TPSA) is 44.4 Å². The van der Waals surface area contributed by atoms with Gasteiger partial charge in [0.25, 0.3) is 0 Å². The fraction of sp³-hybridized carbons (Fsp3) is 0.417. The lowest BCUT2D eigenvalue weighted by atomic mass is 10.3. The highest BCUT2D eigenvalue weighted by atomic mass is 35.5. The molecule has 0 unspecified atom stereocenters. The van der Waals surface area contributed by atoms with E-state index in [2.05, 4.69) is 15.5 Å². The summed E-state index contributed by atoms with van der Waals surface area (Å²) in [5.41, 5.74) is 0.864. The van der Waals surface area contributed by atoms with E-state index in [1.54, 1.807) is 0 Å². The molecule has 0 aromatic heterocycles. The summed E-state index contributed by atoms with van der Waals surface area (Å²) in [7, 11) is 0. The molecule has 0 atom stereocenters. The van der Waals surface area contributed by atoms with Crippen molar-refractivity contribution in [1.29, 1.82) is 0 Å². The molecule has 0 radical (unpaired) electrons. The minimum absolute atomic E-state index is 0. The summed E-state index contributed by atoms with van der Waals surface area (Å²) in [6.07, 6.45) is 0. The van der Waals surface area contributed by atoms with Crippen LogP contribution < -0.4 is 10.6 Å². The SMILES string of the molecule is Cl.O=C(CN1CCNCC1)Nc1ccccc1. The van der Waals surface area contributed by atoms with Gasteiger partial charge in [-0.1, -0.05) is 18.2 Å². The van der Waals surface area contributed by atoms with Crippen molar-refractivity contribution >= 4 is 24.0 Å². The highest BCUT2D eigenvalue weighted by Gasteiger charge is 2.13. The maximum Gasteiger partial charge on any atom is 0.238 e.